The van der Waals surface area contributed by atoms with Crippen LogP contribution in [0.4, 0.5) is 9.59 Å². The van der Waals surface area contributed by atoms with E-state index in [1.54, 1.807) is 126 Å². The van der Waals surface area contributed by atoms with Gasteiger partial charge >= 0.3 is 52.7 Å². The van der Waals surface area contributed by atoms with Gasteiger partial charge in [-0.3, -0.25) is 23.8 Å². The average Bonchev–Trinajstić information content (AvgIpc) is 3.72. The van der Waals surface area contributed by atoms with Crippen LogP contribution in [0.5, 0.6) is 17.2 Å². The first kappa shape index (κ1) is 75.9. The second-order valence-electron chi connectivity index (χ2n) is 17.8. The van der Waals surface area contributed by atoms with Crippen molar-refractivity contribution in [2.24, 2.45) is 11.5 Å². The van der Waals surface area contributed by atoms with Crippen LogP contribution in [-0.2, 0) is 80.1 Å². The van der Waals surface area contributed by atoms with E-state index in [4.69, 9.17) is 39.4 Å². The van der Waals surface area contributed by atoms with Crippen molar-refractivity contribution in [1.82, 2.24) is 20.8 Å². The SMILES string of the molecule is CCOOC(=O)[C@@H](N)CC.CCOOC(=O)[C@H](CC)NP(=O)(CCN)Oc1ccccc1.CCOOC(=O)[C@H](CC)NP(=O)(CCNC(=O)OCc1ccccc1)Oc1ccccc1.O=C(NCCP(=O)(O)Oc1ccccc1)OCc1ccccc1. The molecule has 0 spiro atoms. The summed E-state index contributed by atoms with van der Waals surface area (Å²) in [6, 6.07) is 41.8. The average molecular weight is 1280 g/mol. The summed E-state index contributed by atoms with van der Waals surface area (Å²) < 4.78 is 64.7. The molecular weight excluding hydrogens is 1190 g/mol. The molecule has 87 heavy (non-hydrogen) atoms. The molecule has 5 rings (SSSR count). The van der Waals surface area contributed by atoms with Gasteiger partial charge < -0.3 is 50.0 Å². The van der Waals surface area contributed by atoms with Crippen LogP contribution in [0.25, 0.3) is 0 Å². The van der Waals surface area contributed by atoms with Gasteiger partial charge in [0.05, 0.1) is 38.3 Å². The Labute approximate surface area is 508 Å². The lowest BCUT2D eigenvalue weighted by molar-refractivity contribution is -0.271. The summed E-state index contributed by atoms with van der Waals surface area (Å²) in [6.07, 6.45) is -0.259. The zero-order valence-electron chi connectivity index (χ0n) is 49.8. The van der Waals surface area contributed by atoms with Crippen LogP contribution in [-0.4, -0.2) is 111 Å². The Morgan fingerprint density at radius 3 is 1.14 bits per heavy atom. The van der Waals surface area contributed by atoms with Crippen molar-refractivity contribution in [1.29, 1.82) is 0 Å². The summed E-state index contributed by atoms with van der Waals surface area (Å²) in [5.74, 6) is -0.739. The van der Waals surface area contributed by atoms with E-state index >= 15 is 0 Å². The van der Waals surface area contributed by atoms with Gasteiger partial charge in [0.1, 0.15) is 48.6 Å². The molecule has 2 amide bonds. The van der Waals surface area contributed by atoms with Gasteiger partial charge in [-0.25, -0.2) is 38.7 Å². The molecule has 0 aromatic heterocycles. The Morgan fingerprint density at radius 1 is 0.460 bits per heavy atom. The Kier molecular flexibility index (Phi) is 38.6. The summed E-state index contributed by atoms with van der Waals surface area (Å²) in [5, 5.41) is 10.5. The lowest BCUT2D eigenvalue weighted by atomic mass is 10.2. The van der Waals surface area contributed by atoms with E-state index in [9.17, 15) is 42.6 Å². The predicted octanol–water partition coefficient (Wildman–Crippen LogP) is 9.52. The third kappa shape index (κ3) is 34.7. The lowest BCUT2D eigenvalue weighted by Gasteiger charge is -2.24. The van der Waals surface area contributed by atoms with E-state index in [0.717, 1.165) is 11.1 Å². The van der Waals surface area contributed by atoms with E-state index in [2.05, 4.69) is 45.2 Å². The van der Waals surface area contributed by atoms with Gasteiger partial charge in [-0.15, -0.1) is 0 Å². The molecule has 480 valence electrons. The van der Waals surface area contributed by atoms with E-state index in [-0.39, 0.29) is 64.5 Å². The maximum atomic E-state index is 13.5. The maximum Gasteiger partial charge on any atom is 0.407 e. The number of hydrogen-bond acceptors (Lipinski definition) is 21. The predicted molar refractivity (Wildman–Crippen MR) is 325 cm³/mol. The highest BCUT2D eigenvalue weighted by atomic mass is 31.2. The van der Waals surface area contributed by atoms with Crippen molar-refractivity contribution in [3.05, 3.63) is 163 Å². The highest BCUT2D eigenvalue weighted by Gasteiger charge is 2.34. The van der Waals surface area contributed by atoms with Gasteiger partial charge in [0.15, 0.2) is 0 Å². The second kappa shape index (κ2) is 44.3. The van der Waals surface area contributed by atoms with Crippen LogP contribution in [0.15, 0.2) is 152 Å². The lowest BCUT2D eigenvalue weighted by Crippen LogP contribution is -2.38. The highest BCUT2D eigenvalue weighted by molar-refractivity contribution is 7.57. The zero-order valence-corrected chi connectivity index (χ0v) is 52.4. The molecule has 0 fully saturated rings. The van der Waals surface area contributed by atoms with Gasteiger partial charge in [-0.1, -0.05) is 136 Å². The van der Waals surface area contributed by atoms with E-state index in [0.29, 0.717) is 43.1 Å². The molecular formula is C58H83N6O20P3. The molecule has 0 saturated carbocycles. The minimum atomic E-state index is -3.82. The summed E-state index contributed by atoms with van der Waals surface area (Å²) in [5.41, 5.74) is 12.5. The van der Waals surface area contributed by atoms with Gasteiger partial charge in [0, 0.05) is 19.6 Å². The number of nitrogens with two attached hydrogens (primary N) is 2. The smallest absolute Gasteiger partial charge is 0.407 e. The molecule has 0 bridgehead atoms. The molecule has 9 N–H and O–H groups in total. The van der Waals surface area contributed by atoms with Crippen molar-refractivity contribution in [2.75, 3.05) is 57.9 Å². The van der Waals surface area contributed by atoms with Gasteiger partial charge in [0.25, 0.3) is 0 Å². The Hall–Kier alpha value is -7.18. The number of para-hydroxylation sites is 3. The molecule has 0 aliphatic carbocycles. The fraction of sp³-hybridized carbons (Fsp3) is 0.397. The topological polar surface area (TPSA) is 358 Å². The summed E-state index contributed by atoms with van der Waals surface area (Å²) >= 11 is 0. The van der Waals surface area contributed by atoms with Crippen molar-refractivity contribution < 1.29 is 94.9 Å². The quantitative estimate of drug-likeness (QED) is 0.0114. The fourth-order valence-corrected chi connectivity index (χ4v) is 11.1. The number of ether oxygens (including phenoxy) is 2. The Bertz CT molecular complexity index is 2840. The molecule has 0 radical (unpaired) electrons. The number of hydrogen-bond donors (Lipinski definition) is 7. The molecule has 6 atom stereocenters. The first-order valence-electron chi connectivity index (χ1n) is 27.9. The number of carbonyl (C=O) groups excluding carboxylic acids is 5. The number of alkyl carbamates (subject to hydrolysis) is 2. The van der Waals surface area contributed by atoms with Crippen LogP contribution in [0.1, 0.15) is 71.9 Å². The molecule has 5 aromatic rings. The monoisotopic (exact) mass is 1280 g/mol. The number of carbonyl (C=O) groups is 5. The second-order valence-corrected chi connectivity index (χ2v) is 24.1. The third-order valence-corrected chi connectivity index (χ3v) is 16.1. The van der Waals surface area contributed by atoms with Gasteiger partial charge in [-0.05, 0) is 87.6 Å². The van der Waals surface area contributed by atoms with Crippen LogP contribution in [0.3, 0.4) is 0 Å². The first-order chi connectivity index (χ1) is 41.8. The van der Waals surface area contributed by atoms with E-state index in [1.807, 2.05) is 66.7 Å². The van der Waals surface area contributed by atoms with Crippen LogP contribution in [0, 0.1) is 0 Å². The third-order valence-electron chi connectivity index (χ3n) is 10.8. The fourth-order valence-electron chi connectivity index (χ4n) is 6.38. The number of amides is 2. The zero-order chi connectivity index (χ0) is 64.2. The number of rotatable bonds is 34. The number of benzene rings is 5. The van der Waals surface area contributed by atoms with Gasteiger partial charge in [0.2, 0.25) is 0 Å². The van der Waals surface area contributed by atoms with Gasteiger partial charge in [-0.2, -0.15) is 14.7 Å². The standard InChI is InChI=1S/C22H29N2O7P.C16H18NO5P.C14H23N2O5P.C6H13NO3/c1-3-20(21(25)30-29-4-2)24-32(27,31-19-13-9-6-10-14-19)16-15-23-22(26)28-17-18-11-7-5-8-12-18;18-16(21-13-14-7-3-1-4-8-14)17-11-12-23(19,20)22-15-9-5-2-6-10-15;1-3-13(14(17)20-19-4-2)16-22(18,11-10-15)21-12-8-6-5-7-9-12;1-3-5(7)6(8)10-9-4-2/h5-14,20H,3-4,15-17H2,1-2H3,(H,23,26)(H,24,27);1-10H,11-13H2,(H,17,18)(H,19,20);5-9,13H,3-4,10-11,15H2,1-2H3,(H,16,18);5H,3-4,7H2,1-2H3/t20-,32?;;13-,22?;5-/m0.00/s1. The molecule has 3 unspecified atom stereocenters. The summed E-state index contributed by atoms with van der Waals surface area (Å²) in [6.45, 7) is 11.6. The van der Waals surface area contributed by atoms with Crippen LogP contribution >= 0.6 is 22.6 Å². The normalized spacial score (nSPS) is 13.6. The summed E-state index contributed by atoms with van der Waals surface area (Å²) in [7, 11) is -10.8. The van der Waals surface area contributed by atoms with Crippen molar-refractivity contribution in [2.45, 2.75) is 92.1 Å². The van der Waals surface area contributed by atoms with Crippen LogP contribution in [0.2, 0.25) is 0 Å². The number of nitrogens with one attached hydrogen (secondary N) is 4. The van der Waals surface area contributed by atoms with E-state index in [1.165, 1.54) is 0 Å². The first-order valence-corrected chi connectivity index (χ1v) is 33.3. The summed E-state index contributed by atoms with van der Waals surface area (Å²) in [4.78, 5) is 95.2. The van der Waals surface area contributed by atoms with Crippen molar-refractivity contribution in [3.63, 3.8) is 0 Å². The molecule has 5 aromatic carbocycles. The maximum absolute atomic E-state index is 13.5. The molecule has 0 aliphatic rings. The van der Waals surface area contributed by atoms with Crippen molar-refractivity contribution >= 4 is 52.7 Å². The minimum Gasteiger partial charge on any atom is -0.445 e. The van der Waals surface area contributed by atoms with E-state index < -0.39 is 70.9 Å². The molecule has 26 nitrogen and oxygen atoms in total. The molecule has 0 heterocycles. The largest absolute Gasteiger partial charge is 0.445 e. The van der Waals surface area contributed by atoms with Crippen molar-refractivity contribution in [3.8, 4) is 17.2 Å². The molecule has 29 heteroatoms. The Morgan fingerprint density at radius 2 is 0.793 bits per heavy atom. The highest BCUT2D eigenvalue weighted by Crippen LogP contribution is 2.45. The molecule has 0 aliphatic heterocycles. The Balaban J connectivity index is 0.000000420. The minimum absolute atomic E-state index is 0.00166. The van der Waals surface area contributed by atoms with Crippen LogP contribution < -0.4 is 45.8 Å². The molecule has 0 saturated heterocycles.